The van der Waals surface area contributed by atoms with E-state index in [9.17, 15) is 9.59 Å². The zero-order valence-corrected chi connectivity index (χ0v) is 16.3. The van der Waals surface area contributed by atoms with Crippen LogP contribution in [0.4, 0.5) is 0 Å². The van der Waals surface area contributed by atoms with Gasteiger partial charge in [0.1, 0.15) is 0 Å². The highest BCUT2D eigenvalue weighted by Gasteiger charge is 2.34. The zero-order chi connectivity index (χ0) is 19.9. The van der Waals surface area contributed by atoms with Gasteiger partial charge in [0.15, 0.2) is 5.17 Å². The summed E-state index contributed by atoms with van der Waals surface area (Å²) in [6.07, 6.45) is 1.18. The standard InChI is InChI=1S/C21H19N3O3S/c1-15(17-11-7-4-8-12-17)22-23-21-24(14-16-9-5-3-6-10-16)20(26)18(28-21)13-19(25)27-2/h3-13H,14H2,1-2H3/b18-13-,22-15-,23-21-. The number of amides is 1. The van der Waals surface area contributed by atoms with E-state index in [1.165, 1.54) is 18.1 Å². The van der Waals surface area contributed by atoms with Gasteiger partial charge in [-0.3, -0.25) is 9.69 Å². The molecule has 0 bridgehead atoms. The summed E-state index contributed by atoms with van der Waals surface area (Å²) in [5.74, 6) is -0.883. The van der Waals surface area contributed by atoms with Crippen LogP contribution in [0.3, 0.4) is 0 Å². The van der Waals surface area contributed by atoms with E-state index in [1.807, 2.05) is 67.6 Å². The normalized spacial score (nSPS) is 17.4. The second-order valence-corrected chi connectivity index (χ2v) is 6.95. The van der Waals surface area contributed by atoms with Gasteiger partial charge >= 0.3 is 5.97 Å². The molecule has 2 aromatic carbocycles. The molecule has 1 amide bonds. The van der Waals surface area contributed by atoms with Crippen LogP contribution < -0.4 is 0 Å². The van der Waals surface area contributed by atoms with Crippen LogP contribution in [-0.4, -0.2) is 34.8 Å². The molecule has 1 saturated heterocycles. The van der Waals surface area contributed by atoms with Gasteiger partial charge in [0.05, 0.1) is 24.3 Å². The second kappa shape index (κ2) is 9.14. The van der Waals surface area contributed by atoms with Gasteiger partial charge in [0.25, 0.3) is 5.91 Å². The highest BCUT2D eigenvalue weighted by molar-refractivity contribution is 8.18. The van der Waals surface area contributed by atoms with Crippen LogP contribution in [0.15, 0.2) is 81.8 Å². The third-order valence-corrected chi connectivity index (χ3v) is 5.00. The molecule has 0 aliphatic carbocycles. The van der Waals surface area contributed by atoms with E-state index in [0.717, 1.165) is 28.6 Å². The maximum atomic E-state index is 12.8. The van der Waals surface area contributed by atoms with Gasteiger partial charge < -0.3 is 4.74 Å². The van der Waals surface area contributed by atoms with Crippen molar-refractivity contribution in [3.63, 3.8) is 0 Å². The Kier molecular flexibility index (Phi) is 6.39. The number of thioether (sulfide) groups is 1. The smallest absolute Gasteiger partial charge is 0.331 e. The number of carbonyl (C=O) groups excluding carboxylic acids is 2. The average Bonchev–Trinajstić information content (AvgIpc) is 3.02. The molecule has 1 aliphatic rings. The topological polar surface area (TPSA) is 71.3 Å². The fraction of sp³-hybridized carbons (Fsp3) is 0.143. The number of hydrogen-bond acceptors (Lipinski definition) is 6. The number of rotatable bonds is 5. The van der Waals surface area contributed by atoms with E-state index in [0.29, 0.717) is 11.7 Å². The zero-order valence-electron chi connectivity index (χ0n) is 15.5. The van der Waals surface area contributed by atoms with Crippen LogP contribution in [-0.2, 0) is 20.9 Å². The predicted octanol–water partition coefficient (Wildman–Crippen LogP) is 3.60. The highest BCUT2D eigenvalue weighted by Crippen LogP contribution is 2.32. The molecule has 2 aromatic rings. The molecule has 0 aromatic heterocycles. The number of hydrogen-bond donors (Lipinski definition) is 0. The lowest BCUT2D eigenvalue weighted by atomic mass is 10.1. The van der Waals surface area contributed by atoms with Gasteiger partial charge in [-0.2, -0.15) is 5.10 Å². The minimum Gasteiger partial charge on any atom is -0.466 e. The van der Waals surface area contributed by atoms with Crippen LogP contribution in [0.1, 0.15) is 18.1 Å². The van der Waals surface area contributed by atoms with E-state index in [-0.39, 0.29) is 10.8 Å². The maximum absolute atomic E-state index is 12.8. The van der Waals surface area contributed by atoms with E-state index in [2.05, 4.69) is 14.9 Å². The van der Waals surface area contributed by atoms with Crippen molar-refractivity contribution < 1.29 is 14.3 Å². The molecule has 0 spiro atoms. The number of benzene rings is 2. The Hall–Kier alpha value is -3.19. The molecule has 0 saturated carbocycles. The van der Waals surface area contributed by atoms with E-state index < -0.39 is 5.97 Å². The van der Waals surface area contributed by atoms with E-state index in [4.69, 9.17) is 0 Å². The molecule has 6 nitrogen and oxygen atoms in total. The molecule has 0 radical (unpaired) electrons. The van der Waals surface area contributed by atoms with Crippen molar-refractivity contribution in [1.82, 2.24) is 4.90 Å². The monoisotopic (exact) mass is 393 g/mol. The van der Waals surface area contributed by atoms with Gasteiger partial charge in [-0.1, -0.05) is 60.7 Å². The molecule has 28 heavy (non-hydrogen) atoms. The molecule has 1 aliphatic heterocycles. The Morgan fingerprint density at radius 3 is 2.39 bits per heavy atom. The number of nitrogens with zero attached hydrogens (tertiary/aromatic N) is 3. The maximum Gasteiger partial charge on any atom is 0.331 e. The lowest BCUT2D eigenvalue weighted by Gasteiger charge is -2.14. The summed E-state index contributed by atoms with van der Waals surface area (Å²) in [6.45, 7) is 2.19. The third-order valence-electron chi connectivity index (χ3n) is 4.00. The molecule has 1 fully saturated rings. The summed E-state index contributed by atoms with van der Waals surface area (Å²) in [7, 11) is 1.27. The Morgan fingerprint density at radius 1 is 1.11 bits per heavy atom. The first-order valence-corrected chi connectivity index (χ1v) is 9.41. The van der Waals surface area contributed by atoms with Crippen LogP contribution in [0.5, 0.6) is 0 Å². The first-order chi connectivity index (χ1) is 13.6. The van der Waals surface area contributed by atoms with Crippen LogP contribution in [0.25, 0.3) is 0 Å². The largest absolute Gasteiger partial charge is 0.466 e. The summed E-state index contributed by atoms with van der Waals surface area (Å²) in [6, 6.07) is 19.2. The molecule has 1 heterocycles. The molecular formula is C21H19N3O3S. The Labute approximate surface area is 167 Å². The van der Waals surface area contributed by atoms with E-state index >= 15 is 0 Å². The highest BCUT2D eigenvalue weighted by atomic mass is 32.2. The molecule has 7 heteroatoms. The van der Waals surface area contributed by atoms with Gasteiger partial charge in [-0.25, -0.2) is 4.79 Å². The Bertz CT molecular complexity index is 953. The number of amidine groups is 1. The number of carbonyl (C=O) groups is 2. The van der Waals surface area contributed by atoms with Crippen molar-refractivity contribution in [1.29, 1.82) is 0 Å². The minimum absolute atomic E-state index is 0.258. The van der Waals surface area contributed by atoms with Crippen molar-refractivity contribution in [3.8, 4) is 0 Å². The summed E-state index contributed by atoms with van der Waals surface area (Å²) >= 11 is 1.11. The van der Waals surface area contributed by atoms with Crippen molar-refractivity contribution in [3.05, 3.63) is 82.8 Å². The van der Waals surface area contributed by atoms with Crippen molar-refractivity contribution in [2.24, 2.45) is 10.2 Å². The summed E-state index contributed by atoms with van der Waals surface area (Å²) in [5, 5.41) is 8.99. The fourth-order valence-corrected chi connectivity index (χ4v) is 3.40. The third kappa shape index (κ3) is 4.75. The van der Waals surface area contributed by atoms with Crippen molar-refractivity contribution in [2.45, 2.75) is 13.5 Å². The van der Waals surface area contributed by atoms with Crippen molar-refractivity contribution in [2.75, 3.05) is 7.11 Å². The Morgan fingerprint density at radius 2 is 1.75 bits per heavy atom. The fourth-order valence-electron chi connectivity index (χ4n) is 2.51. The Balaban J connectivity index is 1.92. The van der Waals surface area contributed by atoms with Gasteiger partial charge in [0.2, 0.25) is 0 Å². The molecular weight excluding hydrogens is 374 g/mol. The van der Waals surface area contributed by atoms with Gasteiger partial charge in [-0.05, 0) is 29.8 Å². The van der Waals surface area contributed by atoms with Gasteiger partial charge in [0, 0.05) is 6.08 Å². The predicted molar refractivity (Wildman–Crippen MR) is 111 cm³/mol. The molecule has 0 unspecified atom stereocenters. The van der Waals surface area contributed by atoms with Crippen LogP contribution in [0.2, 0.25) is 0 Å². The summed E-state index contributed by atoms with van der Waals surface area (Å²) in [5.41, 5.74) is 2.62. The van der Waals surface area contributed by atoms with Crippen LogP contribution >= 0.6 is 11.8 Å². The quantitative estimate of drug-likeness (QED) is 0.337. The first kappa shape index (κ1) is 19.6. The lowest BCUT2D eigenvalue weighted by molar-refractivity contribution is -0.135. The van der Waals surface area contributed by atoms with Crippen LogP contribution in [0, 0.1) is 0 Å². The number of esters is 1. The SMILES string of the molecule is COC(=O)/C=C1\S/C(=N\N=C(\C)c2ccccc2)N(Cc2ccccc2)C1=O. The molecule has 142 valence electrons. The number of methoxy groups -OCH3 is 1. The molecule has 0 N–H and O–H groups in total. The molecule has 0 atom stereocenters. The average molecular weight is 393 g/mol. The van der Waals surface area contributed by atoms with E-state index in [1.54, 1.807) is 0 Å². The van der Waals surface area contributed by atoms with Gasteiger partial charge in [-0.15, -0.1) is 5.10 Å². The second-order valence-electron chi connectivity index (χ2n) is 5.94. The molecule has 3 rings (SSSR count). The first-order valence-electron chi connectivity index (χ1n) is 8.59. The summed E-state index contributed by atoms with van der Waals surface area (Å²) in [4.78, 5) is 26.1. The minimum atomic E-state index is -0.583. The summed E-state index contributed by atoms with van der Waals surface area (Å²) < 4.78 is 4.64. The number of ether oxygens (including phenoxy) is 1. The van der Waals surface area contributed by atoms with Crippen molar-refractivity contribution >= 4 is 34.5 Å². The lowest BCUT2D eigenvalue weighted by Crippen LogP contribution is -2.28.